The summed E-state index contributed by atoms with van der Waals surface area (Å²) in [5.41, 5.74) is 6.02. The molecule has 0 aromatic carbocycles. The van der Waals surface area contributed by atoms with E-state index in [9.17, 15) is 4.79 Å². The van der Waals surface area contributed by atoms with E-state index in [1.165, 1.54) is 19.3 Å². The molecule has 1 fully saturated rings. The van der Waals surface area contributed by atoms with Crippen LogP contribution in [-0.2, 0) is 9.53 Å². The van der Waals surface area contributed by atoms with Crippen LogP contribution in [0.4, 0.5) is 0 Å². The SMILES string of the molecule is CC(C)OCC(=O)NCC1(N)CCCCC1.Cl. The van der Waals surface area contributed by atoms with Crippen molar-refractivity contribution in [3.8, 4) is 0 Å². The van der Waals surface area contributed by atoms with Gasteiger partial charge in [0.15, 0.2) is 0 Å². The third-order valence-corrected chi connectivity index (χ3v) is 3.03. The fraction of sp³-hybridized carbons (Fsp3) is 0.917. The van der Waals surface area contributed by atoms with Crippen LogP contribution in [0.5, 0.6) is 0 Å². The average Bonchev–Trinajstić information content (AvgIpc) is 2.25. The average molecular weight is 265 g/mol. The third-order valence-electron chi connectivity index (χ3n) is 3.03. The van der Waals surface area contributed by atoms with Crippen molar-refractivity contribution in [1.29, 1.82) is 0 Å². The molecule has 0 aromatic heterocycles. The summed E-state index contributed by atoms with van der Waals surface area (Å²) in [6, 6.07) is 0. The predicted octanol–water partition coefficient (Wildman–Crippen LogP) is 1.61. The molecule has 4 nitrogen and oxygen atoms in total. The lowest BCUT2D eigenvalue weighted by molar-refractivity contribution is -0.127. The standard InChI is InChI=1S/C12H24N2O2.ClH/c1-10(2)16-8-11(15)14-9-12(13)6-4-3-5-7-12;/h10H,3-9,13H2,1-2H3,(H,14,15);1H. The van der Waals surface area contributed by atoms with Crippen molar-refractivity contribution in [3.63, 3.8) is 0 Å². The lowest BCUT2D eigenvalue weighted by Gasteiger charge is -2.33. The molecule has 0 atom stereocenters. The quantitative estimate of drug-likeness (QED) is 0.793. The minimum atomic E-state index is -0.189. The Morgan fingerprint density at radius 1 is 1.35 bits per heavy atom. The smallest absolute Gasteiger partial charge is 0.246 e. The van der Waals surface area contributed by atoms with Crippen molar-refractivity contribution in [2.24, 2.45) is 5.73 Å². The van der Waals surface area contributed by atoms with Gasteiger partial charge in [-0.2, -0.15) is 0 Å². The molecule has 1 aliphatic rings. The number of nitrogens with one attached hydrogen (secondary N) is 1. The minimum Gasteiger partial charge on any atom is -0.369 e. The number of rotatable bonds is 5. The molecule has 3 N–H and O–H groups in total. The zero-order valence-corrected chi connectivity index (χ0v) is 11.6. The third kappa shape index (κ3) is 6.86. The number of amides is 1. The molecule has 0 bridgehead atoms. The van der Waals surface area contributed by atoms with Gasteiger partial charge >= 0.3 is 0 Å². The van der Waals surface area contributed by atoms with E-state index in [1.807, 2.05) is 13.8 Å². The molecule has 0 spiro atoms. The van der Waals surface area contributed by atoms with Gasteiger partial charge in [0.2, 0.25) is 5.91 Å². The predicted molar refractivity (Wildman–Crippen MR) is 71.3 cm³/mol. The first-order valence-corrected chi connectivity index (χ1v) is 6.19. The molecule has 0 aromatic rings. The summed E-state index contributed by atoms with van der Waals surface area (Å²) < 4.78 is 5.22. The summed E-state index contributed by atoms with van der Waals surface area (Å²) in [7, 11) is 0. The summed E-state index contributed by atoms with van der Waals surface area (Å²) in [6.07, 6.45) is 5.73. The van der Waals surface area contributed by atoms with Crippen molar-refractivity contribution in [2.75, 3.05) is 13.2 Å². The van der Waals surface area contributed by atoms with Crippen LogP contribution in [0.2, 0.25) is 0 Å². The van der Waals surface area contributed by atoms with Gasteiger partial charge in [0.25, 0.3) is 0 Å². The zero-order chi connectivity index (χ0) is 12.0. The molecule has 0 heterocycles. The maximum atomic E-state index is 11.4. The number of carbonyl (C=O) groups excluding carboxylic acids is 1. The van der Waals surface area contributed by atoms with Crippen LogP contribution in [0.1, 0.15) is 46.0 Å². The number of halogens is 1. The molecule has 102 valence electrons. The molecule has 0 radical (unpaired) electrons. The van der Waals surface area contributed by atoms with Gasteiger partial charge in [0.05, 0.1) is 6.10 Å². The van der Waals surface area contributed by atoms with Gasteiger partial charge in [-0.05, 0) is 26.7 Å². The van der Waals surface area contributed by atoms with Crippen LogP contribution < -0.4 is 11.1 Å². The van der Waals surface area contributed by atoms with Crippen molar-refractivity contribution >= 4 is 18.3 Å². The number of hydrogen-bond acceptors (Lipinski definition) is 3. The van der Waals surface area contributed by atoms with Crippen LogP contribution >= 0.6 is 12.4 Å². The Morgan fingerprint density at radius 3 is 2.47 bits per heavy atom. The zero-order valence-electron chi connectivity index (χ0n) is 10.8. The molecule has 17 heavy (non-hydrogen) atoms. The summed E-state index contributed by atoms with van der Waals surface area (Å²) in [4.78, 5) is 11.4. The van der Waals surface area contributed by atoms with Crippen LogP contribution in [-0.4, -0.2) is 30.7 Å². The van der Waals surface area contributed by atoms with Gasteiger partial charge < -0.3 is 15.8 Å². The molecule has 0 unspecified atom stereocenters. The highest BCUT2D eigenvalue weighted by atomic mass is 35.5. The van der Waals surface area contributed by atoms with Gasteiger partial charge in [0, 0.05) is 12.1 Å². The van der Waals surface area contributed by atoms with E-state index in [-0.39, 0.29) is 36.6 Å². The Balaban J connectivity index is 0.00000256. The minimum absolute atomic E-state index is 0. The molecule has 0 saturated heterocycles. The van der Waals surface area contributed by atoms with Crippen LogP contribution in [0, 0.1) is 0 Å². The highest BCUT2D eigenvalue weighted by Crippen LogP contribution is 2.24. The van der Waals surface area contributed by atoms with Gasteiger partial charge in [-0.1, -0.05) is 19.3 Å². The monoisotopic (exact) mass is 264 g/mol. The second-order valence-corrected chi connectivity index (χ2v) is 5.06. The van der Waals surface area contributed by atoms with Crippen molar-refractivity contribution in [1.82, 2.24) is 5.32 Å². The number of nitrogens with two attached hydrogens (primary N) is 1. The molecule has 1 aliphatic carbocycles. The summed E-state index contributed by atoms with van der Waals surface area (Å²) in [5, 5.41) is 2.86. The summed E-state index contributed by atoms with van der Waals surface area (Å²) in [5.74, 6) is -0.0656. The molecular weight excluding hydrogens is 240 g/mol. The molecule has 1 rings (SSSR count). The maximum absolute atomic E-state index is 11.4. The summed E-state index contributed by atoms with van der Waals surface area (Å²) in [6.45, 7) is 4.54. The highest BCUT2D eigenvalue weighted by Gasteiger charge is 2.27. The van der Waals surface area contributed by atoms with Gasteiger partial charge in [-0.25, -0.2) is 0 Å². The Hall–Kier alpha value is -0.320. The van der Waals surface area contributed by atoms with E-state index in [0.717, 1.165) is 12.8 Å². The van der Waals surface area contributed by atoms with E-state index < -0.39 is 0 Å². The van der Waals surface area contributed by atoms with Crippen LogP contribution in [0.25, 0.3) is 0 Å². The second kappa shape index (κ2) is 7.90. The van der Waals surface area contributed by atoms with E-state index in [0.29, 0.717) is 6.54 Å². The van der Waals surface area contributed by atoms with Gasteiger partial charge in [-0.3, -0.25) is 4.79 Å². The van der Waals surface area contributed by atoms with E-state index in [2.05, 4.69) is 5.32 Å². The van der Waals surface area contributed by atoms with Crippen molar-refractivity contribution < 1.29 is 9.53 Å². The van der Waals surface area contributed by atoms with Gasteiger partial charge in [-0.15, -0.1) is 12.4 Å². The van der Waals surface area contributed by atoms with Gasteiger partial charge in [0.1, 0.15) is 6.61 Å². The van der Waals surface area contributed by atoms with Crippen LogP contribution in [0.15, 0.2) is 0 Å². The first-order chi connectivity index (χ1) is 7.52. The second-order valence-electron chi connectivity index (χ2n) is 5.06. The van der Waals surface area contributed by atoms with E-state index in [4.69, 9.17) is 10.5 Å². The normalized spacial score (nSPS) is 18.6. The van der Waals surface area contributed by atoms with Crippen molar-refractivity contribution in [3.05, 3.63) is 0 Å². The largest absolute Gasteiger partial charge is 0.369 e. The Kier molecular flexibility index (Phi) is 7.75. The Morgan fingerprint density at radius 2 is 1.94 bits per heavy atom. The Labute approximate surface area is 110 Å². The van der Waals surface area contributed by atoms with E-state index in [1.54, 1.807) is 0 Å². The fourth-order valence-electron chi connectivity index (χ4n) is 2.00. The molecule has 1 amide bonds. The lowest BCUT2D eigenvalue weighted by Crippen LogP contribution is -2.51. The maximum Gasteiger partial charge on any atom is 0.246 e. The number of carbonyl (C=O) groups is 1. The number of hydrogen-bond donors (Lipinski definition) is 2. The fourth-order valence-corrected chi connectivity index (χ4v) is 2.00. The first-order valence-electron chi connectivity index (χ1n) is 6.19. The first kappa shape index (κ1) is 16.7. The topological polar surface area (TPSA) is 64.3 Å². The molecule has 0 aliphatic heterocycles. The van der Waals surface area contributed by atoms with Crippen molar-refractivity contribution in [2.45, 2.75) is 57.6 Å². The molecule has 5 heteroatoms. The Bertz CT molecular complexity index is 229. The molecular formula is C12H25ClN2O2. The van der Waals surface area contributed by atoms with Crippen LogP contribution in [0.3, 0.4) is 0 Å². The van der Waals surface area contributed by atoms with E-state index >= 15 is 0 Å². The molecule has 1 saturated carbocycles. The summed E-state index contributed by atoms with van der Waals surface area (Å²) >= 11 is 0. The number of ether oxygens (including phenoxy) is 1. The highest BCUT2D eigenvalue weighted by molar-refractivity contribution is 5.85. The lowest BCUT2D eigenvalue weighted by atomic mass is 9.82.